The van der Waals surface area contributed by atoms with E-state index in [9.17, 15) is 0 Å². The van der Waals surface area contributed by atoms with Crippen molar-refractivity contribution in [1.82, 2.24) is 0 Å². The summed E-state index contributed by atoms with van der Waals surface area (Å²) in [5.41, 5.74) is 20.2. The minimum atomic E-state index is 0.153. The van der Waals surface area contributed by atoms with Crippen LogP contribution in [0.15, 0.2) is 77.8 Å². The Morgan fingerprint density at radius 1 is 0.571 bits per heavy atom. The zero-order valence-corrected chi connectivity index (χ0v) is 21.5. The van der Waals surface area contributed by atoms with E-state index < -0.39 is 0 Å². The Kier molecular flexibility index (Phi) is 6.70. The molecule has 4 rings (SSSR count). The average molecular weight is 460 g/mol. The highest BCUT2D eigenvalue weighted by Crippen LogP contribution is 2.30. The van der Waals surface area contributed by atoms with E-state index in [1.54, 1.807) is 0 Å². The summed E-state index contributed by atoms with van der Waals surface area (Å²) in [7, 11) is 0. The Labute approximate surface area is 208 Å². The quantitative estimate of drug-likeness (QED) is 0.239. The fraction of sp³-hybridized carbons (Fsp3) is 0.188. The highest BCUT2D eigenvalue weighted by Gasteiger charge is 2.10. The van der Waals surface area contributed by atoms with Gasteiger partial charge >= 0.3 is 0 Å². The Balaban J connectivity index is 1.55. The number of benzene rings is 4. The van der Waals surface area contributed by atoms with Gasteiger partial charge in [0.05, 0.1) is 0 Å². The molecule has 0 unspecified atom stereocenters. The van der Waals surface area contributed by atoms with Crippen molar-refractivity contribution in [2.24, 2.45) is 10.7 Å². The second-order valence-electron chi connectivity index (χ2n) is 9.55. The van der Waals surface area contributed by atoms with E-state index in [2.05, 4.69) is 95.1 Å². The summed E-state index contributed by atoms with van der Waals surface area (Å²) in [4.78, 5) is 4.39. The first-order valence-corrected chi connectivity index (χ1v) is 11.9. The van der Waals surface area contributed by atoms with Crippen LogP contribution >= 0.6 is 0 Å². The van der Waals surface area contributed by atoms with Crippen LogP contribution in [0.25, 0.3) is 22.3 Å². The number of rotatable bonds is 4. The van der Waals surface area contributed by atoms with Crippen LogP contribution in [0, 0.1) is 47.0 Å². The maximum absolute atomic E-state index is 8.48. The summed E-state index contributed by atoms with van der Waals surface area (Å²) in [6.45, 7) is 12.8. The van der Waals surface area contributed by atoms with E-state index in [0.717, 1.165) is 22.3 Å². The van der Waals surface area contributed by atoms with Crippen molar-refractivity contribution in [3.8, 4) is 22.3 Å². The van der Waals surface area contributed by atoms with Crippen molar-refractivity contribution in [2.45, 2.75) is 41.5 Å². The zero-order chi connectivity index (χ0) is 25.3. The molecule has 4 aromatic carbocycles. The molecular formula is C32H33N3. The van der Waals surface area contributed by atoms with E-state index in [-0.39, 0.29) is 5.84 Å². The zero-order valence-electron chi connectivity index (χ0n) is 21.5. The van der Waals surface area contributed by atoms with Crippen molar-refractivity contribution in [1.29, 1.82) is 5.41 Å². The molecule has 3 nitrogen and oxygen atoms in total. The molecule has 0 aliphatic heterocycles. The van der Waals surface area contributed by atoms with Gasteiger partial charge in [0, 0.05) is 11.1 Å². The van der Waals surface area contributed by atoms with Crippen LogP contribution in [0.3, 0.4) is 0 Å². The minimum absolute atomic E-state index is 0.153. The lowest BCUT2D eigenvalue weighted by atomic mass is 9.93. The molecule has 0 atom stereocenters. The monoisotopic (exact) mass is 459 g/mol. The average Bonchev–Trinajstić information content (AvgIpc) is 2.78. The second-order valence-corrected chi connectivity index (χ2v) is 9.55. The summed E-state index contributed by atoms with van der Waals surface area (Å²) in [6, 6.07) is 24.9. The number of aliphatic imine (C=N–C) groups is 1. The van der Waals surface area contributed by atoms with Gasteiger partial charge in [-0.3, -0.25) is 5.41 Å². The third-order valence-corrected chi connectivity index (χ3v) is 6.50. The minimum Gasteiger partial charge on any atom is -0.383 e. The molecule has 0 bridgehead atoms. The Hall–Kier alpha value is -3.98. The Bertz CT molecular complexity index is 1390. The van der Waals surface area contributed by atoms with Gasteiger partial charge in [-0.1, -0.05) is 83.9 Å². The van der Waals surface area contributed by atoms with Crippen LogP contribution in [0.4, 0.5) is 0 Å². The molecule has 0 aliphatic carbocycles. The van der Waals surface area contributed by atoms with Crippen molar-refractivity contribution >= 4 is 11.7 Å². The van der Waals surface area contributed by atoms with Crippen molar-refractivity contribution in [3.05, 3.63) is 117 Å². The summed E-state index contributed by atoms with van der Waals surface area (Å²) >= 11 is 0. The first kappa shape index (κ1) is 24.2. The first-order valence-electron chi connectivity index (χ1n) is 11.9. The smallest absolute Gasteiger partial charge is 0.154 e. The van der Waals surface area contributed by atoms with E-state index in [1.165, 1.54) is 44.5 Å². The standard InChI is InChI=1S/C32H33N3/c1-19-15-21(3)29(22(4)16-19)25-7-11-27(12-8-25)31(33)35-32(34)28-13-9-26(10-14-28)30-23(5)17-20(2)18-24(30)6/h7-18H,1-6H3,(H3,33,34,35). The van der Waals surface area contributed by atoms with E-state index in [1.807, 2.05) is 24.3 Å². The number of nitrogens with two attached hydrogens (primary N) is 1. The highest BCUT2D eigenvalue weighted by atomic mass is 14.9. The van der Waals surface area contributed by atoms with Gasteiger partial charge in [0.15, 0.2) is 5.84 Å². The Morgan fingerprint density at radius 3 is 1.29 bits per heavy atom. The topological polar surface area (TPSA) is 62.2 Å². The molecule has 0 saturated heterocycles. The maximum Gasteiger partial charge on any atom is 0.154 e. The maximum atomic E-state index is 8.48. The normalized spacial score (nSPS) is 11.5. The summed E-state index contributed by atoms with van der Waals surface area (Å²) < 4.78 is 0. The molecule has 0 amide bonds. The fourth-order valence-electron chi connectivity index (χ4n) is 5.12. The summed E-state index contributed by atoms with van der Waals surface area (Å²) in [5.74, 6) is 0.494. The van der Waals surface area contributed by atoms with Gasteiger partial charge in [0.1, 0.15) is 5.84 Å². The van der Waals surface area contributed by atoms with Crippen LogP contribution < -0.4 is 5.73 Å². The van der Waals surface area contributed by atoms with Crippen LogP contribution in [0.5, 0.6) is 0 Å². The molecule has 0 aromatic heterocycles. The lowest BCUT2D eigenvalue weighted by Crippen LogP contribution is -2.15. The molecule has 0 spiro atoms. The molecule has 0 fully saturated rings. The molecule has 0 heterocycles. The second kappa shape index (κ2) is 9.71. The molecular weight excluding hydrogens is 426 g/mol. The van der Waals surface area contributed by atoms with Gasteiger partial charge in [-0.2, -0.15) is 0 Å². The van der Waals surface area contributed by atoms with E-state index in [4.69, 9.17) is 11.1 Å². The van der Waals surface area contributed by atoms with Crippen molar-refractivity contribution in [3.63, 3.8) is 0 Å². The van der Waals surface area contributed by atoms with Crippen LogP contribution in [0.1, 0.15) is 44.5 Å². The van der Waals surface area contributed by atoms with Crippen LogP contribution in [0.2, 0.25) is 0 Å². The van der Waals surface area contributed by atoms with Crippen molar-refractivity contribution < 1.29 is 0 Å². The largest absolute Gasteiger partial charge is 0.383 e. The lowest BCUT2D eigenvalue weighted by Gasteiger charge is -2.13. The van der Waals surface area contributed by atoms with E-state index >= 15 is 0 Å². The van der Waals surface area contributed by atoms with Crippen LogP contribution in [-0.2, 0) is 0 Å². The SMILES string of the molecule is Cc1cc(C)c(-c2ccc(C(=N)N=C(N)c3ccc(-c4c(C)cc(C)cc4C)cc3)cc2)c(C)c1. The number of nitrogens with one attached hydrogen (secondary N) is 1. The number of hydrogen-bond acceptors (Lipinski definition) is 1. The summed E-state index contributed by atoms with van der Waals surface area (Å²) in [6.07, 6.45) is 0. The number of amidine groups is 2. The molecule has 0 radical (unpaired) electrons. The Morgan fingerprint density at radius 2 is 0.914 bits per heavy atom. The predicted molar refractivity (Wildman–Crippen MR) is 150 cm³/mol. The molecule has 0 aliphatic rings. The molecule has 176 valence electrons. The number of nitrogens with zero attached hydrogens (tertiary/aromatic N) is 1. The van der Waals surface area contributed by atoms with Crippen molar-refractivity contribution in [2.75, 3.05) is 0 Å². The van der Waals surface area contributed by atoms with E-state index in [0.29, 0.717) is 5.84 Å². The van der Waals surface area contributed by atoms with Gasteiger partial charge in [0.2, 0.25) is 0 Å². The number of hydrogen-bond donors (Lipinski definition) is 2. The van der Waals surface area contributed by atoms with Gasteiger partial charge in [-0.15, -0.1) is 0 Å². The van der Waals surface area contributed by atoms with Gasteiger partial charge in [-0.25, -0.2) is 4.99 Å². The third-order valence-electron chi connectivity index (χ3n) is 6.50. The third kappa shape index (κ3) is 5.09. The molecule has 35 heavy (non-hydrogen) atoms. The lowest BCUT2D eigenvalue weighted by molar-refractivity contribution is 1.32. The first-order chi connectivity index (χ1) is 16.6. The van der Waals surface area contributed by atoms with Crippen LogP contribution in [-0.4, -0.2) is 11.7 Å². The van der Waals surface area contributed by atoms with Gasteiger partial charge in [-0.05, 0) is 86.1 Å². The molecule has 0 saturated carbocycles. The fourth-order valence-corrected chi connectivity index (χ4v) is 5.12. The molecule has 4 aromatic rings. The van der Waals surface area contributed by atoms with Gasteiger partial charge < -0.3 is 5.73 Å². The molecule has 3 N–H and O–H groups in total. The summed E-state index contributed by atoms with van der Waals surface area (Å²) in [5, 5.41) is 8.48. The molecule has 3 heteroatoms. The predicted octanol–water partition coefficient (Wildman–Crippen LogP) is 7.60. The van der Waals surface area contributed by atoms with Gasteiger partial charge in [0.25, 0.3) is 0 Å². The highest BCUT2D eigenvalue weighted by molar-refractivity contribution is 6.10. The number of aryl methyl sites for hydroxylation is 6.